The second-order valence-corrected chi connectivity index (χ2v) is 3.11. The van der Waals surface area contributed by atoms with Gasteiger partial charge in [0.1, 0.15) is 0 Å². The van der Waals surface area contributed by atoms with E-state index in [0.29, 0.717) is 6.04 Å². The minimum atomic E-state index is 0.619. The number of hydrogen-bond acceptors (Lipinski definition) is 2. The van der Waals surface area contributed by atoms with Gasteiger partial charge >= 0.3 is 0 Å². The smallest absolute Gasteiger partial charge is 0.0717 e. The lowest BCUT2D eigenvalue weighted by molar-refractivity contribution is 0.123. The van der Waals surface area contributed by atoms with Crippen LogP contribution in [0.15, 0.2) is 30.3 Å². The van der Waals surface area contributed by atoms with Crippen molar-refractivity contribution in [2.24, 2.45) is 0 Å². The molecule has 1 aromatic rings. The Hall–Kier alpha value is -0.860. The third kappa shape index (κ3) is 2.32. The summed E-state index contributed by atoms with van der Waals surface area (Å²) in [4.78, 5) is 0. The maximum Gasteiger partial charge on any atom is 0.0717 e. The Morgan fingerprint density at radius 1 is 1.33 bits per heavy atom. The van der Waals surface area contributed by atoms with Crippen molar-refractivity contribution < 1.29 is 4.74 Å². The summed E-state index contributed by atoms with van der Waals surface area (Å²) in [7, 11) is 0. The zero-order valence-corrected chi connectivity index (χ0v) is 6.99. The maximum atomic E-state index is 5.48. The van der Waals surface area contributed by atoms with E-state index in [0.717, 1.165) is 19.8 Å². The molecule has 0 saturated carbocycles. The molecule has 0 spiro atoms. The molecule has 1 aromatic carbocycles. The third-order valence-corrected chi connectivity index (χ3v) is 1.92. The highest BCUT2D eigenvalue weighted by Crippen LogP contribution is 2.03. The van der Waals surface area contributed by atoms with Gasteiger partial charge in [-0.3, -0.25) is 0 Å². The zero-order chi connectivity index (χ0) is 8.23. The average molecular weight is 163 g/mol. The molecule has 1 fully saturated rings. The van der Waals surface area contributed by atoms with Crippen LogP contribution < -0.4 is 5.32 Å². The molecule has 64 valence electrons. The zero-order valence-electron chi connectivity index (χ0n) is 6.99. The van der Waals surface area contributed by atoms with Gasteiger partial charge in [-0.15, -0.1) is 0 Å². The fourth-order valence-electron chi connectivity index (χ4n) is 1.09. The van der Waals surface area contributed by atoms with Crippen LogP contribution in [0.25, 0.3) is 0 Å². The second-order valence-electron chi connectivity index (χ2n) is 3.11. The van der Waals surface area contributed by atoms with E-state index in [4.69, 9.17) is 4.74 Å². The highest BCUT2D eigenvalue weighted by atomic mass is 16.5. The minimum absolute atomic E-state index is 0.619. The molecule has 1 atom stereocenters. The third-order valence-electron chi connectivity index (χ3n) is 1.92. The van der Waals surface area contributed by atoms with Gasteiger partial charge in [-0.05, 0) is 5.56 Å². The Labute approximate surface area is 72.5 Å². The summed E-state index contributed by atoms with van der Waals surface area (Å²) in [6.07, 6.45) is 0. The van der Waals surface area contributed by atoms with Crippen LogP contribution in [0.1, 0.15) is 5.56 Å². The van der Waals surface area contributed by atoms with Crippen molar-refractivity contribution in [1.82, 2.24) is 5.32 Å². The predicted octanol–water partition coefficient (Wildman–Crippen LogP) is 1.18. The molecule has 1 aliphatic heterocycles. The van der Waals surface area contributed by atoms with E-state index in [1.807, 2.05) is 18.2 Å². The van der Waals surface area contributed by atoms with Crippen LogP contribution in [0, 0.1) is 0 Å². The summed E-state index contributed by atoms with van der Waals surface area (Å²) < 4.78 is 5.48. The van der Waals surface area contributed by atoms with Gasteiger partial charge in [0, 0.05) is 12.6 Å². The summed E-state index contributed by atoms with van der Waals surface area (Å²) >= 11 is 0. The first kappa shape index (κ1) is 7.77. The summed E-state index contributed by atoms with van der Waals surface area (Å²) in [5.74, 6) is 0. The molecule has 2 rings (SSSR count). The van der Waals surface area contributed by atoms with Crippen molar-refractivity contribution in [1.29, 1.82) is 0 Å². The second kappa shape index (κ2) is 3.70. The van der Waals surface area contributed by atoms with Crippen LogP contribution in [0.2, 0.25) is 0 Å². The van der Waals surface area contributed by atoms with Gasteiger partial charge in [-0.2, -0.15) is 0 Å². The Balaban J connectivity index is 1.72. The Bertz CT molecular complexity index is 231. The molecule has 0 radical (unpaired) electrons. The molecular formula is C10H13NO. The number of hydrogen-bond donors (Lipinski definition) is 1. The first-order valence-corrected chi connectivity index (χ1v) is 4.30. The topological polar surface area (TPSA) is 31.2 Å². The highest BCUT2D eigenvalue weighted by Gasteiger charge is 2.19. The molecule has 0 bridgehead atoms. The molecule has 0 unspecified atom stereocenters. The molecule has 12 heavy (non-hydrogen) atoms. The Morgan fingerprint density at radius 2 is 2.08 bits per heavy atom. The van der Waals surface area contributed by atoms with Crippen LogP contribution in [0.3, 0.4) is 0 Å². The van der Waals surface area contributed by atoms with Crippen LogP contribution in [-0.2, 0) is 11.3 Å². The van der Waals surface area contributed by atoms with Gasteiger partial charge < -0.3 is 10.1 Å². The van der Waals surface area contributed by atoms with Crippen LogP contribution in [0.4, 0.5) is 0 Å². The molecule has 2 heteroatoms. The monoisotopic (exact) mass is 163 g/mol. The van der Waals surface area contributed by atoms with Crippen molar-refractivity contribution in [2.45, 2.75) is 12.6 Å². The van der Waals surface area contributed by atoms with Crippen molar-refractivity contribution in [3.63, 3.8) is 0 Å². The maximum absolute atomic E-state index is 5.48. The molecule has 1 heterocycles. The standard InChI is InChI=1S/C10H13NO/c1-2-4-9(5-3-1)7-12-8-10-6-11-10/h1-5,10-11H,6-8H2/t10-/m1/s1. The fraction of sp³-hybridized carbons (Fsp3) is 0.400. The van der Waals surface area contributed by atoms with E-state index in [1.165, 1.54) is 5.56 Å². The first-order valence-electron chi connectivity index (χ1n) is 4.30. The fourth-order valence-corrected chi connectivity index (χ4v) is 1.09. The molecule has 1 saturated heterocycles. The van der Waals surface area contributed by atoms with Crippen molar-refractivity contribution in [2.75, 3.05) is 13.2 Å². The average Bonchev–Trinajstić information content (AvgIpc) is 2.90. The molecule has 1 aliphatic rings. The van der Waals surface area contributed by atoms with E-state index in [9.17, 15) is 0 Å². The van der Waals surface area contributed by atoms with Gasteiger partial charge in [0.2, 0.25) is 0 Å². The van der Waals surface area contributed by atoms with Gasteiger partial charge in [-0.1, -0.05) is 30.3 Å². The summed E-state index contributed by atoms with van der Waals surface area (Å²) in [6.45, 7) is 2.70. The van der Waals surface area contributed by atoms with Crippen molar-refractivity contribution >= 4 is 0 Å². The number of ether oxygens (including phenoxy) is 1. The van der Waals surface area contributed by atoms with Gasteiger partial charge in [0.25, 0.3) is 0 Å². The SMILES string of the molecule is c1ccc(COC[C@H]2CN2)cc1. The van der Waals surface area contributed by atoms with E-state index < -0.39 is 0 Å². The van der Waals surface area contributed by atoms with E-state index in [2.05, 4.69) is 17.4 Å². The van der Waals surface area contributed by atoms with Gasteiger partial charge in [0.15, 0.2) is 0 Å². The largest absolute Gasteiger partial charge is 0.375 e. The number of nitrogens with one attached hydrogen (secondary N) is 1. The lowest BCUT2D eigenvalue weighted by Gasteiger charge is -2.01. The molecule has 0 aliphatic carbocycles. The van der Waals surface area contributed by atoms with Crippen LogP contribution >= 0.6 is 0 Å². The van der Waals surface area contributed by atoms with E-state index >= 15 is 0 Å². The quantitative estimate of drug-likeness (QED) is 0.676. The minimum Gasteiger partial charge on any atom is -0.375 e. The molecular weight excluding hydrogens is 150 g/mol. The summed E-state index contributed by atoms with van der Waals surface area (Å²) in [5, 5.41) is 3.20. The van der Waals surface area contributed by atoms with Crippen LogP contribution in [0.5, 0.6) is 0 Å². The van der Waals surface area contributed by atoms with Crippen LogP contribution in [-0.4, -0.2) is 19.2 Å². The summed E-state index contributed by atoms with van der Waals surface area (Å²) in [5.41, 5.74) is 1.25. The van der Waals surface area contributed by atoms with Gasteiger partial charge in [-0.25, -0.2) is 0 Å². The Morgan fingerprint density at radius 3 is 2.75 bits per heavy atom. The van der Waals surface area contributed by atoms with E-state index in [-0.39, 0.29) is 0 Å². The summed E-state index contributed by atoms with van der Waals surface area (Å²) in [6, 6.07) is 10.9. The van der Waals surface area contributed by atoms with Crippen molar-refractivity contribution in [3.8, 4) is 0 Å². The normalized spacial score (nSPS) is 20.8. The number of benzene rings is 1. The first-order chi connectivity index (χ1) is 5.95. The molecule has 2 nitrogen and oxygen atoms in total. The lowest BCUT2D eigenvalue weighted by atomic mass is 10.2. The van der Waals surface area contributed by atoms with Crippen molar-refractivity contribution in [3.05, 3.63) is 35.9 Å². The molecule has 1 N–H and O–H groups in total. The lowest BCUT2D eigenvalue weighted by Crippen LogP contribution is -2.03. The molecule has 0 amide bonds. The Kier molecular flexibility index (Phi) is 2.39. The predicted molar refractivity (Wildman–Crippen MR) is 47.9 cm³/mol. The van der Waals surface area contributed by atoms with E-state index in [1.54, 1.807) is 0 Å². The molecule has 0 aromatic heterocycles. The van der Waals surface area contributed by atoms with Gasteiger partial charge in [0.05, 0.1) is 13.2 Å². The highest BCUT2D eigenvalue weighted by molar-refractivity contribution is 5.13. The number of rotatable bonds is 4.